The zero-order chi connectivity index (χ0) is 13.8. The van der Waals surface area contributed by atoms with Gasteiger partial charge in [0, 0.05) is 24.7 Å². The summed E-state index contributed by atoms with van der Waals surface area (Å²) in [6.07, 6.45) is 0. The fourth-order valence-corrected chi connectivity index (χ4v) is 1.67. The predicted octanol–water partition coefficient (Wildman–Crippen LogP) is 3.00. The summed E-state index contributed by atoms with van der Waals surface area (Å²) in [5, 5.41) is 6.91. The first-order chi connectivity index (χ1) is 8.28. The van der Waals surface area contributed by atoms with E-state index in [1.54, 1.807) is 6.07 Å². The second kappa shape index (κ2) is 6.30. The summed E-state index contributed by atoms with van der Waals surface area (Å²) < 4.78 is 13.0. The van der Waals surface area contributed by atoms with E-state index in [1.807, 2.05) is 13.0 Å². The van der Waals surface area contributed by atoms with Crippen molar-refractivity contribution in [3.8, 4) is 0 Å². The molecule has 3 heteroatoms. The molecule has 1 aromatic rings. The van der Waals surface area contributed by atoms with Gasteiger partial charge in [0.2, 0.25) is 0 Å². The van der Waals surface area contributed by atoms with Crippen molar-refractivity contribution in [2.45, 2.75) is 52.7 Å². The number of nitrogens with one attached hydrogen (secondary N) is 2. The van der Waals surface area contributed by atoms with Gasteiger partial charge in [-0.2, -0.15) is 0 Å². The summed E-state index contributed by atoms with van der Waals surface area (Å²) in [7, 11) is 0. The Bertz CT molecular complexity index is 383. The van der Waals surface area contributed by atoms with Crippen molar-refractivity contribution in [2.24, 2.45) is 0 Å². The van der Waals surface area contributed by atoms with Crippen LogP contribution >= 0.6 is 0 Å². The predicted molar refractivity (Wildman–Crippen MR) is 75.2 cm³/mol. The molecule has 0 amide bonds. The molecule has 2 N–H and O–H groups in total. The van der Waals surface area contributed by atoms with Gasteiger partial charge in [0.25, 0.3) is 0 Å². The third-order valence-corrected chi connectivity index (χ3v) is 2.88. The molecule has 0 aliphatic rings. The molecule has 0 heterocycles. The molecule has 1 aromatic carbocycles. The monoisotopic (exact) mass is 252 g/mol. The maximum absolute atomic E-state index is 13.0. The zero-order valence-electron chi connectivity index (χ0n) is 12.1. The molecule has 1 rings (SSSR count). The SMILES string of the molecule is Cc1cc(F)ccc1CNC(C)CNC(C)(C)C. The molecule has 0 aromatic heterocycles. The van der Waals surface area contributed by atoms with E-state index in [1.165, 1.54) is 6.07 Å². The highest BCUT2D eigenvalue weighted by molar-refractivity contribution is 5.26. The first kappa shape index (κ1) is 15.1. The summed E-state index contributed by atoms with van der Waals surface area (Å²) in [6.45, 7) is 12.3. The Kier molecular flexibility index (Phi) is 5.29. The van der Waals surface area contributed by atoms with Crippen molar-refractivity contribution in [1.29, 1.82) is 0 Å². The van der Waals surface area contributed by atoms with Crippen LogP contribution < -0.4 is 10.6 Å². The van der Waals surface area contributed by atoms with Crippen LogP contribution in [0.3, 0.4) is 0 Å². The van der Waals surface area contributed by atoms with E-state index in [9.17, 15) is 4.39 Å². The molecule has 0 aliphatic carbocycles. The van der Waals surface area contributed by atoms with Crippen LogP contribution in [0.2, 0.25) is 0 Å². The number of hydrogen-bond donors (Lipinski definition) is 2. The molecule has 2 nitrogen and oxygen atoms in total. The first-order valence-electron chi connectivity index (χ1n) is 6.51. The van der Waals surface area contributed by atoms with Crippen LogP contribution in [0.1, 0.15) is 38.8 Å². The normalized spacial score (nSPS) is 13.7. The van der Waals surface area contributed by atoms with E-state index in [0.717, 1.165) is 24.2 Å². The van der Waals surface area contributed by atoms with Crippen molar-refractivity contribution in [3.63, 3.8) is 0 Å². The zero-order valence-corrected chi connectivity index (χ0v) is 12.1. The highest BCUT2D eigenvalue weighted by Gasteiger charge is 2.10. The molecular weight excluding hydrogens is 227 g/mol. The highest BCUT2D eigenvalue weighted by Crippen LogP contribution is 2.10. The van der Waals surface area contributed by atoms with Crippen LogP contribution in [0.15, 0.2) is 18.2 Å². The minimum absolute atomic E-state index is 0.141. The maximum Gasteiger partial charge on any atom is 0.123 e. The van der Waals surface area contributed by atoms with Crippen molar-refractivity contribution in [1.82, 2.24) is 10.6 Å². The Labute approximate surface area is 110 Å². The smallest absolute Gasteiger partial charge is 0.123 e. The summed E-state index contributed by atoms with van der Waals surface area (Å²) in [5.41, 5.74) is 2.29. The average molecular weight is 252 g/mol. The van der Waals surface area contributed by atoms with Gasteiger partial charge in [0.05, 0.1) is 0 Å². The number of halogens is 1. The van der Waals surface area contributed by atoms with E-state index < -0.39 is 0 Å². The lowest BCUT2D eigenvalue weighted by molar-refractivity contribution is 0.387. The highest BCUT2D eigenvalue weighted by atomic mass is 19.1. The Morgan fingerprint density at radius 3 is 2.50 bits per heavy atom. The summed E-state index contributed by atoms with van der Waals surface area (Å²) in [5.74, 6) is -0.168. The van der Waals surface area contributed by atoms with Crippen LogP contribution in [0.5, 0.6) is 0 Å². The van der Waals surface area contributed by atoms with Crippen molar-refractivity contribution in [2.75, 3.05) is 6.54 Å². The Hall–Kier alpha value is -0.930. The van der Waals surface area contributed by atoms with Gasteiger partial charge in [-0.1, -0.05) is 6.07 Å². The molecule has 102 valence electrons. The Morgan fingerprint density at radius 1 is 1.28 bits per heavy atom. The molecule has 18 heavy (non-hydrogen) atoms. The molecule has 1 unspecified atom stereocenters. The van der Waals surface area contributed by atoms with Gasteiger partial charge in [0.15, 0.2) is 0 Å². The second-order valence-corrected chi connectivity index (χ2v) is 5.98. The number of aryl methyl sites for hydroxylation is 1. The number of hydrogen-bond acceptors (Lipinski definition) is 2. The van der Waals surface area contributed by atoms with E-state index in [2.05, 4.69) is 38.3 Å². The molecule has 0 saturated carbocycles. The largest absolute Gasteiger partial charge is 0.311 e. The van der Waals surface area contributed by atoms with Gasteiger partial charge in [-0.25, -0.2) is 4.39 Å². The van der Waals surface area contributed by atoms with Crippen LogP contribution in [0.4, 0.5) is 4.39 Å². The van der Waals surface area contributed by atoms with Crippen LogP contribution in [-0.2, 0) is 6.54 Å². The number of rotatable bonds is 5. The number of benzene rings is 1. The van der Waals surface area contributed by atoms with Crippen LogP contribution in [0, 0.1) is 12.7 Å². The van der Waals surface area contributed by atoms with Crippen LogP contribution in [-0.4, -0.2) is 18.1 Å². The molecule has 1 atom stereocenters. The average Bonchev–Trinajstić information content (AvgIpc) is 2.24. The third-order valence-electron chi connectivity index (χ3n) is 2.88. The Balaban J connectivity index is 2.40. The lowest BCUT2D eigenvalue weighted by Crippen LogP contribution is -2.44. The molecule has 0 fully saturated rings. The lowest BCUT2D eigenvalue weighted by Gasteiger charge is -2.24. The first-order valence-corrected chi connectivity index (χ1v) is 6.51. The van der Waals surface area contributed by atoms with Gasteiger partial charge < -0.3 is 10.6 Å². The quantitative estimate of drug-likeness (QED) is 0.842. The fraction of sp³-hybridized carbons (Fsp3) is 0.600. The standard InChI is InChI=1S/C15H25FN2/c1-11-8-14(16)7-6-13(11)10-17-12(2)9-18-15(3,4)5/h6-8,12,17-18H,9-10H2,1-5H3. The second-order valence-electron chi connectivity index (χ2n) is 5.98. The van der Waals surface area contributed by atoms with E-state index in [4.69, 9.17) is 0 Å². The van der Waals surface area contributed by atoms with E-state index >= 15 is 0 Å². The fourth-order valence-electron chi connectivity index (χ4n) is 1.67. The van der Waals surface area contributed by atoms with Crippen molar-refractivity contribution in [3.05, 3.63) is 35.1 Å². The molecule has 0 aliphatic heterocycles. The van der Waals surface area contributed by atoms with E-state index in [-0.39, 0.29) is 11.4 Å². The summed E-state index contributed by atoms with van der Waals surface area (Å²) in [6, 6.07) is 5.33. The van der Waals surface area contributed by atoms with Gasteiger partial charge in [0.1, 0.15) is 5.82 Å². The summed E-state index contributed by atoms with van der Waals surface area (Å²) >= 11 is 0. The van der Waals surface area contributed by atoms with Gasteiger partial charge in [-0.3, -0.25) is 0 Å². The molecule has 0 bridgehead atoms. The van der Waals surface area contributed by atoms with Crippen LogP contribution in [0.25, 0.3) is 0 Å². The van der Waals surface area contributed by atoms with Gasteiger partial charge >= 0.3 is 0 Å². The lowest BCUT2D eigenvalue weighted by atomic mass is 10.1. The molecule has 0 radical (unpaired) electrons. The van der Waals surface area contributed by atoms with E-state index in [0.29, 0.717) is 6.04 Å². The maximum atomic E-state index is 13.0. The molecule has 0 saturated heterocycles. The molecule has 0 spiro atoms. The van der Waals surface area contributed by atoms with Gasteiger partial charge in [-0.05, 0) is 57.9 Å². The minimum atomic E-state index is -0.168. The molecular formula is C15H25FN2. The summed E-state index contributed by atoms with van der Waals surface area (Å²) in [4.78, 5) is 0. The van der Waals surface area contributed by atoms with Gasteiger partial charge in [-0.15, -0.1) is 0 Å². The van der Waals surface area contributed by atoms with Crippen molar-refractivity contribution < 1.29 is 4.39 Å². The minimum Gasteiger partial charge on any atom is -0.311 e. The van der Waals surface area contributed by atoms with Crippen molar-refractivity contribution >= 4 is 0 Å². The Morgan fingerprint density at radius 2 is 1.94 bits per heavy atom. The third kappa shape index (κ3) is 5.61. The topological polar surface area (TPSA) is 24.1 Å².